The van der Waals surface area contributed by atoms with E-state index in [2.05, 4.69) is 5.43 Å². The second-order valence-corrected chi connectivity index (χ2v) is 6.22. The summed E-state index contributed by atoms with van der Waals surface area (Å²) in [7, 11) is 0. The van der Waals surface area contributed by atoms with Crippen LogP contribution in [0.1, 0.15) is 11.1 Å². The van der Waals surface area contributed by atoms with Crippen LogP contribution in [0.3, 0.4) is 0 Å². The van der Waals surface area contributed by atoms with E-state index < -0.39 is 0 Å². The molecule has 0 aliphatic rings. The Balaban J connectivity index is 0.00000338. The number of amidine groups is 1. The molecule has 2 aromatic carbocycles. The highest BCUT2D eigenvalue weighted by atomic mass is 79.9. The quantitative estimate of drug-likeness (QED) is 0.143. The molecule has 0 bridgehead atoms. The number of hydrazine groups is 1. The Kier molecular flexibility index (Phi) is 12.2. The maximum Gasteiger partial charge on any atom is 0.271 e. The lowest BCUT2D eigenvalue weighted by molar-refractivity contribution is 0.282. The average molecular weight is 542 g/mol. The number of rotatable bonds is 6. The molecule has 0 aromatic heterocycles. The van der Waals surface area contributed by atoms with Gasteiger partial charge in [0.05, 0.1) is 0 Å². The van der Waals surface area contributed by atoms with Crippen molar-refractivity contribution in [2.45, 2.75) is 12.4 Å². The average Bonchev–Trinajstić information content (AvgIpc) is 2.60. The van der Waals surface area contributed by atoms with Crippen molar-refractivity contribution in [3.05, 3.63) is 59.4 Å². The number of benzene rings is 2. The third-order valence-corrected chi connectivity index (χ3v) is 4.08. The van der Waals surface area contributed by atoms with E-state index in [4.69, 9.17) is 38.7 Å². The Morgan fingerprint density at radius 3 is 2.48 bits per heavy atom. The summed E-state index contributed by atoms with van der Waals surface area (Å²) >= 11 is 5.94. The minimum Gasteiger partial charge on any atom is -0.465 e. The highest BCUT2D eigenvalue weighted by Gasteiger charge is 2.11. The molecule has 0 fully saturated rings. The minimum atomic E-state index is -0.387. The predicted molar refractivity (Wildman–Crippen MR) is 121 cm³/mol. The number of nitrogens with two attached hydrogens (primary N) is 2. The zero-order valence-corrected chi connectivity index (χ0v) is 19.0. The first kappa shape index (κ1) is 25.6. The van der Waals surface area contributed by atoms with Crippen LogP contribution in [0.15, 0.2) is 42.5 Å². The zero-order valence-electron chi connectivity index (χ0n) is 13.9. The van der Waals surface area contributed by atoms with Crippen LogP contribution in [0.4, 0.5) is 4.39 Å². The fraction of sp³-hybridized carbons (Fsp3) is 0.125. The van der Waals surface area contributed by atoms with Crippen LogP contribution in [-0.4, -0.2) is 10.3 Å². The van der Waals surface area contributed by atoms with Gasteiger partial charge in [0.2, 0.25) is 0 Å². The molecule has 0 heterocycles. The van der Waals surface area contributed by atoms with Crippen molar-refractivity contribution < 1.29 is 13.9 Å². The largest absolute Gasteiger partial charge is 0.465 e. The van der Waals surface area contributed by atoms with Gasteiger partial charge in [-0.05, 0) is 36.5 Å². The van der Waals surface area contributed by atoms with Gasteiger partial charge in [-0.1, -0.05) is 30.0 Å². The Labute approximate surface area is 187 Å². The van der Waals surface area contributed by atoms with Crippen molar-refractivity contribution in [3.63, 3.8) is 0 Å². The zero-order chi connectivity index (χ0) is 18.2. The van der Waals surface area contributed by atoms with Gasteiger partial charge >= 0.3 is 0 Å². The van der Waals surface area contributed by atoms with E-state index in [-0.39, 0.29) is 56.7 Å². The molecule has 0 amide bonds. The molecule has 0 spiro atoms. The number of ether oxygens (including phenoxy) is 2. The summed E-state index contributed by atoms with van der Waals surface area (Å²) < 4.78 is 24.8. The van der Waals surface area contributed by atoms with E-state index in [9.17, 15) is 4.39 Å². The number of para-hydroxylation sites is 1. The lowest BCUT2D eigenvalue weighted by Crippen LogP contribution is -2.30. The van der Waals surface area contributed by atoms with E-state index in [1.165, 1.54) is 18.2 Å². The molecule has 6 nitrogen and oxygen atoms in total. The van der Waals surface area contributed by atoms with Gasteiger partial charge in [0, 0.05) is 16.9 Å². The van der Waals surface area contributed by atoms with E-state index in [1.807, 2.05) is 18.2 Å². The monoisotopic (exact) mass is 540 g/mol. The van der Waals surface area contributed by atoms with Gasteiger partial charge in [0.1, 0.15) is 23.9 Å². The molecule has 0 saturated carbocycles. The minimum absolute atomic E-state index is 0. The van der Waals surface area contributed by atoms with Crippen molar-refractivity contribution in [1.82, 2.24) is 5.43 Å². The van der Waals surface area contributed by atoms with Crippen molar-refractivity contribution in [1.29, 1.82) is 5.41 Å². The smallest absolute Gasteiger partial charge is 0.271 e. The van der Waals surface area contributed by atoms with Crippen molar-refractivity contribution in [2.24, 2.45) is 11.6 Å². The molecule has 2 aromatic rings. The third-order valence-electron chi connectivity index (χ3n) is 3.07. The Morgan fingerprint density at radius 1 is 1.15 bits per heavy atom. The molecule has 0 saturated heterocycles. The number of nitrogens with one attached hydrogen (secondary N) is 2. The first-order chi connectivity index (χ1) is 12.0. The molecular weight excluding hydrogens is 523 g/mol. The molecule has 27 heavy (non-hydrogen) atoms. The summed E-state index contributed by atoms with van der Waals surface area (Å²) in [5.41, 5.74) is 8.93. The van der Waals surface area contributed by atoms with Gasteiger partial charge in [0.15, 0.2) is 5.17 Å². The van der Waals surface area contributed by atoms with E-state index in [1.54, 1.807) is 6.07 Å². The van der Waals surface area contributed by atoms with E-state index in [0.29, 0.717) is 22.8 Å². The summed E-state index contributed by atoms with van der Waals surface area (Å²) in [5, 5.41) is 7.31. The van der Waals surface area contributed by atoms with Crippen molar-refractivity contribution >= 4 is 68.3 Å². The first-order valence-electron chi connectivity index (χ1n) is 7.14. The Morgan fingerprint density at radius 2 is 1.81 bits per heavy atom. The highest BCUT2D eigenvalue weighted by Crippen LogP contribution is 2.31. The number of thioether (sulfide) groups is 1. The van der Waals surface area contributed by atoms with Crippen molar-refractivity contribution in [2.75, 3.05) is 0 Å². The van der Waals surface area contributed by atoms with Crippen LogP contribution >= 0.6 is 57.9 Å². The number of hydrogen-bond donors (Lipinski definition) is 4. The van der Waals surface area contributed by atoms with Crippen LogP contribution in [0.5, 0.6) is 11.5 Å². The Bertz CT molecular complexity index is 784. The third kappa shape index (κ3) is 8.43. The molecule has 148 valence electrons. The molecule has 0 aliphatic heterocycles. The predicted octanol–water partition coefficient (Wildman–Crippen LogP) is 4.17. The molecule has 0 atom stereocenters. The maximum absolute atomic E-state index is 13.5. The molecule has 11 heteroatoms. The van der Waals surface area contributed by atoms with Crippen LogP contribution < -0.4 is 21.7 Å². The standard InChI is InChI=1S/C16H17FN4O2S2.2BrH/c17-12-5-6-14(11(7-12)9-25-15(18)19)23-13-4-2-1-3-10(13)8-22-16(24)21-20;;/h1-7H,8-9,20H2,(H3,18,19)(H,21,24);2*1H. The normalized spacial score (nSPS) is 9.41. The van der Waals surface area contributed by atoms with Gasteiger partial charge in [-0.2, -0.15) is 0 Å². The highest BCUT2D eigenvalue weighted by molar-refractivity contribution is 8.93. The second-order valence-electron chi connectivity index (χ2n) is 4.84. The van der Waals surface area contributed by atoms with Gasteiger partial charge < -0.3 is 15.2 Å². The number of halogens is 3. The molecule has 6 N–H and O–H groups in total. The lowest BCUT2D eigenvalue weighted by atomic mass is 10.2. The van der Waals surface area contributed by atoms with Crippen LogP contribution in [0.2, 0.25) is 0 Å². The van der Waals surface area contributed by atoms with Crippen molar-refractivity contribution in [3.8, 4) is 11.5 Å². The second kappa shape index (κ2) is 12.9. The van der Waals surface area contributed by atoms with Gasteiger partial charge in [-0.3, -0.25) is 10.8 Å². The Hall–Kier alpha value is -1.40. The number of hydrogen-bond acceptors (Lipinski definition) is 6. The SMILES string of the molecule is Br.Br.N=C(N)SCc1cc(F)ccc1Oc1ccccc1COC(=S)NN. The summed E-state index contributed by atoms with van der Waals surface area (Å²) in [6.45, 7) is 0.165. The molecular formula is C16H19Br2FN4O2S2. The van der Waals surface area contributed by atoms with Gasteiger partial charge in [-0.15, -0.1) is 34.0 Å². The van der Waals surface area contributed by atoms with E-state index >= 15 is 0 Å². The summed E-state index contributed by atoms with van der Waals surface area (Å²) in [4.78, 5) is 0. The summed E-state index contributed by atoms with van der Waals surface area (Å²) in [5.74, 6) is 6.13. The van der Waals surface area contributed by atoms with E-state index in [0.717, 1.165) is 17.3 Å². The summed E-state index contributed by atoms with van der Waals surface area (Å²) in [6, 6.07) is 11.4. The maximum atomic E-state index is 13.5. The molecule has 0 aliphatic carbocycles. The fourth-order valence-corrected chi connectivity index (χ4v) is 2.54. The molecule has 2 rings (SSSR count). The topological polar surface area (TPSA) is 106 Å². The van der Waals surface area contributed by atoms with Crippen LogP contribution in [0, 0.1) is 11.2 Å². The number of thiocarbonyl (C=S) groups is 1. The fourth-order valence-electron chi connectivity index (χ4n) is 1.94. The van der Waals surface area contributed by atoms with Crippen LogP contribution in [0.25, 0.3) is 0 Å². The summed E-state index contributed by atoms with van der Waals surface area (Å²) in [6.07, 6.45) is 0. The lowest BCUT2D eigenvalue weighted by Gasteiger charge is -2.15. The molecule has 0 radical (unpaired) electrons. The van der Waals surface area contributed by atoms with Gasteiger partial charge in [-0.25, -0.2) is 10.2 Å². The first-order valence-corrected chi connectivity index (χ1v) is 8.53. The molecule has 0 unspecified atom stereocenters. The van der Waals surface area contributed by atoms with Crippen LogP contribution in [-0.2, 0) is 17.1 Å². The van der Waals surface area contributed by atoms with Gasteiger partial charge in [0.25, 0.3) is 5.17 Å².